The van der Waals surface area contributed by atoms with Crippen molar-refractivity contribution in [3.8, 4) is 11.5 Å². The van der Waals surface area contributed by atoms with E-state index in [-0.39, 0.29) is 17.4 Å². The van der Waals surface area contributed by atoms with Gasteiger partial charge in [0.25, 0.3) is 0 Å². The second-order valence-corrected chi connectivity index (χ2v) is 10.4. The number of hydrogen-bond acceptors (Lipinski definition) is 7. The highest BCUT2D eigenvalue weighted by molar-refractivity contribution is 7.81. The van der Waals surface area contributed by atoms with E-state index in [1.165, 1.54) is 19.0 Å². The summed E-state index contributed by atoms with van der Waals surface area (Å²) in [5, 5.41) is 4.55. The standard InChI is InChI=1S/C21H21ClF3N9OS/c1-31(2)36(35)34-19(22)14(8-29-34)13-4-3-7-32(11-13)17-5-6-26-20(30-17)15-9-28-18-10-27-16(12-33(15)18)21(23,24)25/h5-6,8-10,12-13H,3-4,7,11H2,1-2H3. The molecule has 0 saturated carbocycles. The molecule has 5 heterocycles. The quantitative estimate of drug-likeness (QED) is 0.383. The largest absolute Gasteiger partial charge is 0.434 e. The predicted octanol–water partition coefficient (Wildman–Crippen LogP) is 3.43. The summed E-state index contributed by atoms with van der Waals surface area (Å²) in [6.07, 6.45) is 3.74. The minimum Gasteiger partial charge on any atom is -0.356 e. The smallest absolute Gasteiger partial charge is 0.356 e. The van der Waals surface area contributed by atoms with E-state index in [4.69, 9.17) is 11.6 Å². The molecule has 0 amide bonds. The topological polar surface area (TPSA) is 97.3 Å². The lowest BCUT2D eigenvalue weighted by Gasteiger charge is -2.33. The van der Waals surface area contributed by atoms with Gasteiger partial charge in [-0.15, -0.1) is 0 Å². The highest BCUT2D eigenvalue weighted by Gasteiger charge is 2.33. The van der Waals surface area contributed by atoms with E-state index in [0.29, 0.717) is 23.2 Å². The summed E-state index contributed by atoms with van der Waals surface area (Å²) >= 11 is 5.00. The Labute approximate surface area is 211 Å². The number of halogens is 4. The molecule has 15 heteroatoms. The van der Waals surface area contributed by atoms with Crippen molar-refractivity contribution >= 4 is 34.2 Å². The van der Waals surface area contributed by atoms with Gasteiger partial charge in [-0.25, -0.2) is 28.5 Å². The maximum absolute atomic E-state index is 13.2. The summed E-state index contributed by atoms with van der Waals surface area (Å²) in [6.45, 7) is 1.32. The van der Waals surface area contributed by atoms with Gasteiger partial charge in [-0.05, 0) is 18.9 Å². The average molecular weight is 540 g/mol. The molecular weight excluding hydrogens is 519 g/mol. The Morgan fingerprint density at radius 1 is 1.17 bits per heavy atom. The molecule has 0 aromatic carbocycles. The van der Waals surface area contributed by atoms with E-state index in [1.54, 1.807) is 32.6 Å². The van der Waals surface area contributed by atoms with E-state index in [9.17, 15) is 17.4 Å². The number of aromatic nitrogens is 7. The molecule has 4 aromatic rings. The van der Waals surface area contributed by atoms with Gasteiger partial charge in [-0.3, -0.25) is 4.40 Å². The van der Waals surface area contributed by atoms with Crippen LogP contribution in [0.5, 0.6) is 0 Å². The van der Waals surface area contributed by atoms with Gasteiger partial charge < -0.3 is 4.90 Å². The lowest BCUT2D eigenvalue weighted by Crippen LogP contribution is -2.35. The molecule has 0 N–H and O–H groups in total. The van der Waals surface area contributed by atoms with Crippen LogP contribution in [0.2, 0.25) is 5.15 Å². The van der Waals surface area contributed by atoms with Crippen LogP contribution in [0.15, 0.2) is 37.1 Å². The van der Waals surface area contributed by atoms with Crippen LogP contribution >= 0.6 is 11.6 Å². The third kappa shape index (κ3) is 4.55. The van der Waals surface area contributed by atoms with Crippen LogP contribution in [-0.2, 0) is 17.3 Å². The van der Waals surface area contributed by atoms with Crippen LogP contribution in [0, 0.1) is 0 Å². The van der Waals surface area contributed by atoms with Crippen molar-refractivity contribution in [3.05, 3.63) is 53.5 Å². The molecular formula is C21H21ClF3N9OS. The Bertz CT molecular complexity index is 1440. The van der Waals surface area contributed by atoms with E-state index < -0.39 is 23.0 Å². The van der Waals surface area contributed by atoms with Gasteiger partial charge in [0.05, 0.1) is 18.6 Å². The zero-order valence-electron chi connectivity index (χ0n) is 19.2. The molecule has 1 fully saturated rings. The van der Waals surface area contributed by atoms with E-state index >= 15 is 0 Å². The summed E-state index contributed by atoms with van der Waals surface area (Å²) in [5.41, 5.74) is 0.354. The fourth-order valence-electron chi connectivity index (χ4n) is 4.16. The van der Waals surface area contributed by atoms with Gasteiger partial charge in [0.2, 0.25) is 11.2 Å². The van der Waals surface area contributed by atoms with Crippen molar-refractivity contribution < 1.29 is 17.4 Å². The number of hydrogen-bond donors (Lipinski definition) is 0. The number of alkyl halides is 3. The second-order valence-electron chi connectivity index (χ2n) is 8.47. The van der Waals surface area contributed by atoms with E-state index in [2.05, 4.69) is 29.9 Å². The maximum atomic E-state index is 13.2. The first kappa shape index (κ1) is 24.6. The summed E-state index contributed by atoms with van der Waals surface area (Å²) in [5.74, 6) is 0.910. The first-order chi connectivity index (χ1) is 17.1. The van der Waals surface area contributed by atoms with E-state index in [1.807, 2.05) is 0 Å². The fourth-order valence-corrected chi connectivity index (χ4v) is 5.26. The highest BCUT2D eigenvalue weighted by Crippen LogP contribution is 2.34. The molecule has 4 aromatic heterocycles. The van der Waals surface area contributed by atoms with Gasteiger partial charge in [-0.1, -0.05) is 11.6 Å². The van der Waals surface area contributed by atoms with Crippen LogP contribution < -0.4 is 4.90 Å². The molecule has 2 atom stereocenters. The number of imidazole rings is 1. The molecule has 36 heavy (non-hydrogen) atoms. The lowest BCUT2D eigenvalue weighted by molar-refractivity contribution is -0.141. The first-order valence-corrected chi connectivity index (χ1v) is 12.4. The Balaban J connectivity index is 1.43. The van der Waals surface area contributed by atoms with Crippen LogP contribution in [0.25, 0.3) is 17.2 Å². The van der Waals surface area contributed by atoms with Crippen molar-refractivity contribution in [2.24, 2.45) is 0 Å². The predicted molar refractivity (Wildman–Crippen MR) is 128 cm³/mol. The van der Waals surface area contributed by atoms with Gasteiger partial charge in [0.1, 0.15) is 16.7 Å². The second kappa shape index (κ2) is 9.41. The third-order valence-corrected chi connectivity index (χ3v) is 7.59. The summed E-state index contributed by atoms with van der Waals surface area (Å²) < 4.78 is 56.0. The normalized spacial score (nSPS) is 17.8. The summed E-state index contributed by atoms with van der Waals surface area (Å²) in [6, 6.07) is 1.75. The number of rotatable bonds is 5. The minimum atomic E-state index is -4.59. The first-order valence-electron chi connectivity index (χ1n) is 10.9. The lowest BCUT2D eigenvalue weighted by atomic mass is 9.93. The molecule has 1 aliphatic rings. The fraction of sp³-hybridized carbons (Fsp3) is 0.381. The van der Waals surface area contributed by atoms with Crippen LogP contribution in [0.3, 0.4) is 0 Å². The van der Waals surface area contributed by atoms with Crippen molar-refractivity contribution in [1.29, 1.82) is 0 Å². The zero-order valence-corrected chi connectivity index (χ0v) is 20.8. The number of anilines is 1. The van der Waals surface area contributed by atoms with Crippen molar-refractivity contribution in [2.75, 3.05) is 32.1 Å². The molecule has 0 spiro atoms. The van der Waals surface area contributed by atoms with Crippen molar-refractivity contribution in [1.82, 2.24) is 37.8 Å². The molecule has 1 aliphatic heterocycles. The van der Waals surface area contributed by atoms with Gasteiger partial charge in [0.15, 0.2) is 17.2 Å². The zero-order chi connectivity index (χ0) is 25.6. The summed E-state index contributed by atoms with van der Waals surface area (Å²) in [4.78, 5) is 18.6. The monoisotopic (exact) mass is 539 g/mol. The molecule has 1 saturated heterocycles. The number of piperidine rings is 1. The number of nitrogens with zero attached hydrogens (tertiary/aromatic N) is 9. The van der Waals surface area contributed by atoms with Crippen LogP contribution in [0.4, 0.5) is 19.0 Å². The third-order valence-electron chi connectivity index (χ3n) is 5.91. The molecule has 10 nitrogen and oxygen atoms in total. The van der Waals surface area contributed by atoms with Crippen molar-refractivity contribution in [2.45, 2.75) is 24.9 Å². The van der Waals surface area contributed by atoms with Crippen LogP contribution in [0.1, 0.15) is 30.0 Å². The molecule has 2 unspecified atom stereocenters. The Morgan fingerprint density at radius 3 is 2.72 bits per heavy atom. The molecule has 0 aliphatic carbocycles. The molecule has 0 radical (unpaired) electrons. The highest BCUT2D eigenvalue weighted by atomic mass is 35.5. The van der Waals surface area contributed by atoms with Gasteiger partial charge >= 0.3 is 6.18 Å². The molecule has 0 bridgehead atoms. The van der Waals surface area contributed by atoms with E-state index in [0.717, 1.165) is 37.3 Å². The molecule has 190 valence electrons. The number of fused-ring (bicyclic) bond motifs is 1. The van der Waals surface area contributed by atoms with Crippen LogP contribution in [-0.4, -0.2) is 69.2 Å². The Morgan fingerprint density at radius 2 is 1.97 bits per heavy atom. The average Bonchev–Trinajstić information content (AvgIpc) is 3.46. The Hall–Kier alpha value is -3.10. The van der Waals surface area contributed by atoms with Gasteiger partial charge in [0, 0.05) is 51.1 Å². The SMILES string of the molecule is CN(C)S(=O)n1ncc(C2CCCN(c3ccnc(-c4cnc5cnc(C(F)(F)F)cn45)n3)C2)c1Cl. The summed E-state index contributed by atoms with van der Waals surface area (Å²) in [7, 11) is 3.35. The van der Waals surface area contributed by atoms with Crippen molar-refractivity contribution in [3.63, 3.8) is 0 Å². The molecule has 5 rings (SSSR count). The van der Waals surface area contributed by atoms with Gasteiger partial charge in [-0.2, -0.15) is 22.4 Å². The maximum Gasteiger partial charge on any atom is 0.434 e. The minimum absolute atomic E-state index is 0.0359. The Kier molecular flexibility index (Phi) is 6.43.